The van der Waals surface area contributed by atoms with Gasteiger partial charge in [0.2, 0.25) is 5.91 Å². The summed E-state index contributed by atoms with van der Waals surface area (Å²) in [7, 11) is 0. The van der Waals surface area contributed by atoms with Crippen LogP contribution >= 0.6 is 0 Å². The lowest BCUT2D eigenvalue weighted by Gasteiger charge is -2.07. The minimum atomic E-state index is -0.961. The second-order valence-corrected chi connectivity index (χ2v) is 3.87. The lowest BCUT2D eigenvalue weighted by molar-refractivity contribution is -0.120. The maximum absolute atomic E-state index is 11.4. The van der Waals surface area contributed by atoms with Gasteiger partial charge < -0.3 is 10.4 Å². The highest BCUT2D eigenvalue weighted by molar-refractivity contribution is 5.89. The first-order valence-electron chi connectivity index (χ1n) is 5.87. The van der Waals surface area contributed by atoms with Gasteiger partial charge in [0.1, 0.15) is 0 Å². The third-order valence-electron chi connectivity index (χ3n) is 2.48. The van der Waals surface area contributed by atoms with Gasteiger partial charge in [0.05, 0.1) is 18.7 Å². The molecule has 5 heteroatoms. The summed E-state index contributed by atoms with van der Waals surface area (Å²) in [6, 6.07) is 6.74. The number of carbonyl (C=O) groups is 2. The first kappa shape index (κ1) is 14.7. The Balaban J connectivity index is 2.39. The van der Waals surface area contributed by atoms with Crippen LogP contribution in [-0.2, 0) is 11.2 Å². The number of aromatic carboxylic acids is 1. The van der Waals surface area contributed by atoms with Crippen LogP contribution in [0.15, 0.2) is 24.3 Å². The summed E-state index contributed by atoms with van der Waals surface area (Å²) >= 11 is 0. The average Bonchev–Trinajstić information content (AvgIpc) is 2.39. The molecule has 0 aliphatic heterocycles. The van der Waals surface area contributed by atoms with Crippen LogP contribution in [0.3, 0.4) is 0 Å². The molecular weight excluding hydrogens is 244 g/mol. The van der Waals surface area contributed by atoms with Crippen molar-refractivity contribution in [3.63, 3.8) is 0 Å². The molecule has 0 unspecified atom stereocenters. The van der Waals surface area contributed by atoms with Crippen LogP contribution in [0, 0.1) is 12.3 Å². The van der Waals surface area contributed by atoms with Crippen molar-refractivity contribution in [3.05, 3.63) is 35.4 Å². The predicted molar refractivity (Wildman–Crippen MR) is 71.8 cm³/mol. The Hall–Kier alpha value is -2.32. The zero-order chi connectivity index (χ0) is 14.1. The van der Waals surface area contributed by atoms with E-state index in [1.165, 1.54) is 0 Å². The van der Waals surface area contributed by atoms with E-state index in [9.17, 15) is 9.59 Å². The van der Waals surface area contributed by atoms with Crippen molar-refractivity contribution in [2.24, 2.45) is 0 Å². The molecule has 0 radical (unpaired) electrons. The highest BCUT2D eigenvalue weighted by atomic mass is 16.4. The van der Waals surface area contributed by atoms with E-state index in [2.05, 4.69) is 16.6 Å². The molecule has 1 aromatic carbocycles. The molecule has 19 heavy (non-hydrogen) atoms. The number of terminal acetylenes is 1. The fourth-order valence-corrected chi connectivity index (χ4v) is 1.59. The molecule has 0 spiro atoms. The smallest absolute Gasteiger partial charge is 0.335 e. The zero-order valence-corrected chi connectivity index (χ0v) is 10.5. The van der Waals surface area contributed by atoms with Crippen molar-refractivity contribution in [2.75, 3.05) is 19.6 Å². The van der Waals surface area contributed by atoms with Crippen molar-refractivity contribution in [1.29, 1.82) is 0 Å². The summed E-state index contributed by atoms with van der Waals surface area (Å²) in [5.41, 5.74) is 0.967. The van der Waals surface area contributed by atoms with Crippen molar-refractivity contribution >= 4 is 11.9 Å². The van der Waals surface area contributed by atoms with E-state index in [0.717, 1.165) is 0 Å². The summed E-state index contributed by atoms with van der Waals surface area (Å²) in [4.78, 5) is 22.3. The molecule has 0 aliphatic carbocycles. The second kappa shape index (κ2) is 7.90. The first-order valence-corrected chi connectivity index (χ1v) is 5.87. The van der Waals surface area contributed by atoms with Crippen LogP contribution in [0.4, 0.5) is 0 Å². The molecule has 5 nitrogen and oxygen atoms in total. The van der Waals surface area contributed by atoms with Crippen LogP contribution in [0.1, 0.15) is 15.9 Å². The molecule has 0 fully saturated rings. The molecule has 0 saturated heterocycles. The lowest BCUT2D eigenvalue weighted by atomic mass is 10.0. The molecule has 0 aromatic heterocycles. The fourth-order valence-electron chi connectivity index (χ4n) is 1.59. The Morgan fingerprint density at radius 3 is 2.74 bits per heavy atom. The van der Waals surface area contributed by atoms with Gasteiger partial charge in [-0.25, -0.2) is 4.79 Å². The summed E-state index contributed by atoms with van der Waals surface area (Å²) in [6.45, 7) is 0.890. The van der Waals surface area contributed by atoms with Crippen molar-refractivity contribution in [1.82, 2.24) is 10.6 Å². The number of nitrogens with one attached hydrogen (secondary N) is 2. The summed E-state index contributed by atoms with van der Waals surface area (Å²) in [6.07, 6.45) is 5.51. The average molecular weight is 260 g/mol. The number of benzene rings is 1. The monoisotopic (exact) mass is 260 g/mol. The third-order valence-corrected chi connectivity index (χ3v) is 2.48. The number of hydrogen-bond donors (Lipinski definition) is 3. The first-order chi connectivity index (χ1) is 9.15. The SMILES string of the molecule is C#CCNCC(=O)NCCc1ccccc1C(=O)O. The minimum Gasteiger partial charge on any atom is -0.478 e. The predicted octanol–water partition coefficient (Wildman–Crippen LogP) is 0.266. The number of carbonyl (C=O) groups excluding carboxylic acids is 1. The summed E-state index contributed by atoms with van der Waals surface area (Å²) in [5, 5.41) is 14.5. The molecule has 1 amide bonds. The normalized spacial score (nSPS) is 9.63. The van der Waals surface area contributed by atoms with E-state index < -0.39 is 5.97 Å². The van der Waals surface area contributed by atoms with Crippen molar-refractivity contribution in [2.45, 2.75) is 6.42 Å². The van der Waals surface area contributed by atoms with Gasteiger partial charge in [-0.05, 0) is 18.1 Å². The topological polar surface area (TPSA) is 78.4 Å². The lowest BCUT2D eigenvalue weighted by Crippen LogP contribution is -2.35. The molecule has 0 bridgehead atoms. The van der Waals surface area contributed by atoms with E-state index in [1.54, 1.807) is 24.3 Å². The van der Waals surface area contributed by atoms with Gasteiger partial charge >= 0.3 is 5.97 Å². The maximum atomic E-state index is 11.4. The minimum absolute atomic E-state index is 0.158. The quantitative estimate of drug-likeness (QED) is 0.485. The molecular formula is C14H16N2O3. The zero-order valence-electron chi connectivity index (χ0n) is 10.5. The van der Waals surface area contributed by atoms with Gasteiger partial charge in [-0.15, -0.1) is 6.42 Å². The Morgan fingerprint density at radius 2 is 2.05 bits per heavy atom. The molecule has 0 aliphatic rings. The van der Waals surface area contributed by atoms with Gasteiger partial charge in [0.15, 0.2) is 0 Å². The highest BCUT2D eigenvalue weighted by Gasteiger charge is 2.08. The van der Waals surface area contributed by atoms with E-state index in [0.29, 0.717) is 25.1 Å². The van der Waals surface area contributed by atoms with E-state index in [4.69, 9.17) is 11.5 Å². The number of carboxylic acids is 1. The molecule has 3 N–H and O–H groups in total. The Labute approximate surface area is 112 Å². The number of carboxylic acid groups (broad SMARTS) is 1. The number of hydrogen-bond acceptors (Lipinski definition) is 3. The molecule has 100 valence electrons. The van der Waals surface area contributed by atoms with Gasteiger partial charge in [-0.1, -0.05) is 24.1 Å². The van der Waals surface area contributed by atoms with Crippen LogP contribution < -0.4 is 10.6 Å². The van der Waals surface area contributed by atoms with Crippen molar-refractivity contribution in [3.8, 4) is 12.3 Å². The van der Waals surface area contributed by atoms with Crippen LogP contribution in [0.25, 0.3) is 0 Å². The number of amides is 1. The second-order valence-electron chi connectivity index (χ2n) is 3.87. The Bertz CT molecular complexity index is 492. The molecule has 0 heterocycles. The van der Waals surface area contributed by atoms with Crippen LogP contribution in [0.2, 0.25) is 0 Å². The fraction of sp³-hybridized carbons (Fsp3) is 0.286. The molecule has 0 saturated carbocycles. The Morgan fingerprint density at radius 1 is 1.32 bits per heavy atom. The summed E-state index contributed by atoms with van der Waals surface area (Å²) < 4.78 is 0. The Kier molecular flexibility index (Phi) is 6.13. The van der Waals surface area contributed by atoms with Crippen LogP contribution in [-0.4, -0.2) is 36.6 Å². The van der Waals surface area contributed by atoms with Crippen LogP contribution in [0.5, 0.6) is 0 Å². The molecule has 1 rings (SSSR count). The van der Waals surface area contributed by atoms with Gasteiger partial charge in [0, 0.05) is 6.54 Å². The van der Waals surface area contributed by atoms with Gasteiger partial charge in [0.25, 0.3) is 0 Å². The van der Waals surface area contributed by atoms with Gasteiger partial charge in [-0.3, -0.25) is 10.1 Å². The van der Waals surface area contributed by atoms with E-state index in [-0.39, 0.29) is 18.0 Å². The standard InChI is InChI=1S/C14H16N2O3/c1-2-8-15-10-13(17)16-9-7-11-5-3-4-6-12(11)14(18)19/h1,3-6,15H,7-10H2,(H,16,17)(H,18,19). The largest absolute Gasteiger partial charge is 0.478 e. The molecule has 0 atom stereocenters. The van der Waals surface area contributed by atoms with E-state index >= 15 is 0 Å². The summed E-state index contributed by atoms with van der Waals surface area (Å²) in [5.74, 6) is 1.24. The highest BCUT2D eigenvalue weighted by Crippen LogP contribution is 2.08. The van der Waals surface area contributed by atoms with Gasteiger partial charge in [-0.2, -0.15) is 0 Å². The van der Waals surface area contributed by atoms with Crippen molar-refractivity contribution < 1.29 is 14.7 Å². The maximum Gasteiger partial charge on any atom is 0.335 e. The third kappa shape index (κ3) is 5.23. The van der Waals surface area contributed by atoms with E-state index in [1.807, 2.05) is 0 Å². The molecule has 1 aromatic rings. The number of rotatable bonds is 7.